The Kier molecular flexibility index (Phi) is 6.23. The van der Waals surface area contributed by atoms with Crippen molar-refractivity contribution in [3.05, 3.63) is 53.6 Å². The predicted molar refractivity (Wildman–Crippen MR) is 120 cm³/mol. The molecule has 32 heavy (non-hydrogen) atoms. The summed E-state index contributed by atoms with van der Waals surface area (Å²) in [6, 6.07) is 12.1. The Morgan fingerprint density at radius 2 is 1.94 bits per heavy atom. The van der Waals surface area contributed by atoms with Crippen molar-refractivity contribution in [3.8, 4) is 17.2 Å². The molecule has 2 aliphatic heterocycles. The summed E-state index contributed by atoms with van der Waals surface area (Å²) in [5.74, 6) is 0.964. The molecule has 2 aliphatic rings. The fourth-order valence-electron chi connectivity index (χ4n) is 4.45. The molecule has 8 nitrogen and oxygen atoms in total. The molecule has 8 heteroatoms. The van der Waals surface area contributed by atoms with Crippen molar-refractivity contribution in [1.29, 1.82) is 0 Å². The molecule has 170 valence electrons. The molecule has 3 N–H and O–H groups in total. The van der Waals surface area contributed by atoms with Crippen molar-refractivity contribution in [1.82, 2.24) is 10.2 Å². The molecule has 0 aromatic heterocycles. The maximum atomic E-state index is 12.2. The van der Waals surface area contributed by atoms with Crippen molar-refractivity contribution in [3.63, 3.8) is 0 Å². The van der Waals surface area contributed by atoms with Gasteiger partial charge in [-0.05, 0) is 31.2 Å². The van der Waals surface area contributed by atoms with Gasteiger partial charge in [-0.25, -0.2) is 4.79 Å². The van der Waals surface area contributed by atoms with Crippen molar-refractivity contribution in [2.45, 2.75) is 37.9 Å². The Morgan fingerprint density at radius 1 is 1.19 bits per heavy atom. The van der Waals surface area contributed by atoms with Gasteiger partial charge in [-0.15, -0.1) is 0 Å². The first-order valence-corrected chi connectivity index (χ1v) is 10.9. The monoisotopic (exact) mass is 439 g/mol. The van der Waals surface area contributed by atoms with Crippen LogP contribution in [0.2, 0.25) is 0 Å². The molecule has 2 aromatic carbocycles. The number of benzene rings is 2. The van der Waals surface area contributed by atoms with Gasteiger partial charge in [-0.1, -0.05) is 18.2 Å². The highest BCUT2D eigenvalue weighted by atomic mass is 16.6. The zero-order valence-corrected chi connectivity index (χ0v) is 18.4. The van der Waals surface area contributed by atoms with Gasteiger partial charge < -0.3 is 24.6 Å². The van der Waals surface area contributed by atoms with Crippen molar-refractivity contribution < 1.29 is 24.5 Å². The van der Waals surface area contributed by atoms with E-state index in [1.165, 1.54) is 0 Å². The Morgan fingerprint density at radius 3 is 2.62 bits per heavy atom. The second-order valence-corrected chi connectivity index (χ2v) is 8.12. The van der Waals surface area contributed by atoms with Crippen LogP contribution in [0.4, 0.5) is 4.79 Å². The number of methoxy groups -OCH3 is 1. The van der Waals surface area contributed by atoms with E-state index >= 15 is 0 Å². The normalized spacial score (nSPS) is 20.0. The Balaban J connectivity index is 1.70. The number of ether oxygens (including phenoxy) is 2. The fraction of sp³-hybridized carbons (Fsp3) is 0.417. The van der Waals surface area contributed by atoms with Crippen LogP contribution >= 0.6 is 0 Å². The highest BCUT2D eigenvalue weighted by molar-refractivity contribution is 6.04. The minimum Gasteiger partial charge on any atom is -0.508 e. The number of para-hydroxylation sites is 1. The van der Waals surface area contributed by atoms with Crippen LogP contribution in [-0.4, -0.2) is 59.4 Å². The lowest BCUT2D eigenvalue weighted by Crippen LogP contribution is -2.56. The lowest BCUT2D eigenvalue weighted by molar-refractivity contribution is 0.0778. The van der Waals surface area contributed by atoms with E-state index in [9.17, 15) is 15.0 Å². The SMILES string of the molecule is CCOC(=O)N1CCC2(CC1)N=C(c1cc(OC)ccc1O)CC(c1ccccc1O)N2. The van der Waals surface area contributed by atoms with Gasteiger partial charge >= 0.3 is 6.09 Å². The summed E-state index contributed by atoms with van der Waals surface area (Å²) >= 11 is 0. The highest BCUT2D eigenvalue weighted by Gasteiger charge is 2.42. The number of phenols is 2. The molecule has 1 fully saturated rings. The first-order chi connectivity index (χ1) is 15.4. The molecular formula is C24H29N3O5. The molecule has 0 bridgehead atoms. The van der Waals surface area contributed by atoms with Crippen LogP contribution in [0.1, 0.15) is 43.4 Å². The summed E-state index contributed by atoms with van der Waals surface area (Å²) in [6.45, 7) is 3.13. The van der Waals surface area contributed by atoms with Gasteiger partial charge in [0.15, 0.2) is 0 Å². The lowest BCUT2D eigenvalue weighted by Gasteiger charge is -2.45. The summed E-state index contributed by atoms with van der Waals surface area (Å²) in [7, 11) is 1.58. The van der Waals surface area contributed by atoms with Crippen molar-refractivity contribution in [2.75, 3.05) is 26.8 Å². The van der Waals surface area contributed by atoms with Crippen LogP contribution in [0.3, 0.4) is 0 Å². The quantitative estimate of drug-likeness (QED) is 0.673. The molecule has 1 amide bonds. The average Bonchev–Trinajstić information content (AvgIpc) is 2.80. The van der Waals surface area contributed by atoms with Crippen LogP contribution in [0.25, 0.3) is 0 Å². The molecule has 0 aliphatic carbocycles. The number of carbonyl (C=O) groups excluding carboxylic acids is 1. The number of hydrogen-bond donors (Lipinski definition) is 3. The van der Waals surface area contributed by atoms with Crippen LogP contribution < -0.4 is 10.1 Å². The number of aliphatic imine (C=N–C) groups is 1. The first kappa shape index (κ1) is 22.0. The van der Waals surface area contributed by atoms with Crippen LogP contribution in [-0.2, 0) is 4.74 Å². The van der Waals surface area contributed by atoms with Crippen LogP contribution in [0.15, 0.2) is 47.5 Å². The van der Waals surface area contributed by atoms with E-state index < -0.39 is 5.66 Å². The first-order valence-electron chi connectivity index (χ1n) is 10.9. The number of phenolic OH excluding ortho intramolecular Hbond substituents is 2. The van der Waals surface area contributed by atoms with Gasteiger partial charge in [0, 0.05) is 49.5 Å². The van der Waals surface area contributed by atoms with Gasteiger partial charge in [0.1, 0.15) is 22.9 Å². The number of piperidine rings is 1. The molecular weight excluding hydrogens is 410 g/mol. The molecule has 1 spiro atoms. The Labute approximate surface area is 187 Å². The third-order valence-corrected chi connectivity index (χ3v) is 6.13. The fourth-order valence-corrected chi connectivity index (χ4v) is 4.45. The lowest BCUT2D eigenvalue weighted by atomic mass is 9.87. The number of aromatic hydroxyl groups is 2. The largest absolute Gasteiger partial charge is 0.508 e. The van der Waals surface area contributed by atoms with E-state index in [0.717, 1.165) is 11.3 Å². The number of likely N-dealkylation sites (tertiary alicyclic amines) is 1. The minimum absolute atomic E-state index is 0.126. The van der Waals surface area contributed by atoms with Crippen molar-refractivity contribution in [2.24, 2.45) is 4.99 Å². The third kappa shape index (κ3) is 4.36. The smallest absolute Gasteiger partial charge is 0.409 e. The Hall–Kier alpha value is -3.26. The Bertz CT molecular complexity index is 1010. The molecule has 0 radical (unpaired) electrons. The maximum absolute atomic E-state index is 12.2. The number of nitrogens with zero attached hydrogens (tertiary/aromatic N) is 2. The number of amides is 1. The number of carbonyl (C=O) groups is 1. The minimum atomic E-state index is -0.626. The summed E-state index contributed by atoms with van der Waals surface area (Å²) in [5, 5.41) is 24.7. The molecule has 1 saturated heterocycles. The van der Waals surface area contributed by atoms with Gasteiger partial charge in [-0.3, -0.25) is 10.3 Å². The van der Waals surface area contributed by atoms with E-state index in [1.54, 1.807) is 49.3 Å². The van der Waals surface area contributed by atoms with E-state index in [4.69, 9.17) is 14.5 Å². The average molecular weight is 440 g/mol. The molecule has 4 rings (SSSR count). The number of nitrogens with one attached hydrogen (secondary N) is 1. The number of rotatable bonds is 4. The topological polar surface area (TPSA) is 104 Å². The van der Waals surface area contributed by atoms with Gasteiger partial charge in [0.2, 0.25) is 0 Å². The van der Waals surface area contributed by atoms with E-state index in [1.807, 2.05) is 12.1 Å². The third-order valence-electron chi connectivity index (χ3n) is 6.13. The van der Waals surface area contributed by atoms with Gasteiger partial charge in [0.05, 0.1) is 19.4 Å². The van der Waals surface area contributed by atoms with Crippen LogP contribution in [0.5, 0.6) is 17.2 Å². The second-order valence-electron chi connectivity index (χ2n) is 8.12. The standard InChI is InChI=1S/C24H29N3O5/c1-3-32-23(30)27-12-10-24(11-13-27)25-19(17-6-4-5-7-21(17)28)15-20(26-24)18-14-16(31-2)8-9-22(18)29/h4-9,14,19,25,28-29H,3,10-13,15H2,1-2H3. The summed E-state index contributed by atoms with van der Waals surface area (Å²) < 4.78 is 10.5. The second kappa shape index (κ2) is 9.08. The van der Waals surface area contributed by atoms with Crippen LogP contribution in [0, 0.1) is 0 Å². The van der Waals surface area contributed by atoms with Gasteiger partial charge in [-0.2, -0.15) is 0 Å². The van der Waals surface area contributed by atoms with E-state index in [0.29, 0.717) is 50.3 Å². The summed E-state index contributed by atoms with van der Waals surface area (Å²) in [5.41, 5.74) is 1.49. The zero-order valence-electron chi connectivity index (χ0n) is 18.4. The molecule has 1 atom stereocenters. The zero-order chi connectivity index (χ0) is 22.7. The summed E-state index contributed by atoms with van der Waals surface area (Å²) in [6.07, 6.45) is 1.35. The number of hydrogen-bond acceptors (Lipinski definition) is 7. The molecule has 1 unspecified atom stereocenters. The summed E-state index contributed by atoms with van der Waals surface area (Å²) in [4.78, 5) is 18.9. The van der Waals surface area contributed by atoms with E-state index in [2.05, 4.69) is 5.32 Å². The van der Waals surface area contributed by atoms with Crippen molar-refractivity contribution >= 4 is 11.8 Å². The molecule has 2 aromatic rings. The highest BCUT2D eigenvalue weighted by Crippen LogP contribution is 2.39. The molecule has 0 saturated carbocycles. The van der Waals surface area contributed by atoms with Gasteiger partial charge in [0.25, 0.3) is 0 Å². The predicted octanol–water partition coefficient (Wildman–Crippen LogP) is 3.58. The molecule has 2 heterocycles. The maximum Gasteiger partial charge on any atom is 0.409 e. The van der Waals surface area contributed by atoms with E-state index in [-0.39, 0.29) is 23.6 Å².